The van der Waals surface area contributed by atoms with E-state index in [4.69, 9.17) is 21.7 Å². The van der Waals surface area contributed by atoms with E-state index in [1.807, 2.05) is 66.9 Å². The Bertz CT molecular complexity index is 1070. The van der Waals surface area contributed by atoms with Gasteiger partial charge < -0.3 is 5.32 Å². The minimum atomic E-state index is 0.611. The number of hydrogen-bond donors (Lipinski definition) is 1. The Morgan fingerprint density at radius 3 is 2.65 bits per heavy atom. The molecule has 0 unspecified atom stereocenters. The van der Waals surface area contributed by atoms with E-state index in [1.165, 1.54) is 0 Å². The number of benzene rings is 1. The van der Waals surface area contributed by atoms with E-state index in [0.717, 1.165) is 39.7 Å². The molecule has 130 valence electrons. The maximum absolute atomic E-state index is 6.42. The van der Waals surface area contributed by atoms with Crippen LogP contribution in [0.2, 0.25) is 5.02 Å². The molecule has 0 spiro atoms. The second-order valence-electron chi connectivity index (χ2n) is 6.13. The number of nitrogens with zero attached hydrogens (tertiary/aromatic N) is 4. The first-order valence-electron chi connectivity index (χ1n) is 8.39. The van der Waals surface area contributed by atoms with Crippen molar-refractivity contribution in [2.45, 2.75) is 20.4 Å². The van der Waals surface area contributed by atoms with Gasteiger partial charge in [-0.05, 0) is 32.0 Å². The van der Waals surface area contributed by atoms with Crippen molar-refractivity contribution < 1.29 is 0 Å². The zero-order chi connectivity index (χ0) is 18.1. The summed E-state index contributed by atoms with van der Waals surface area (Å²) in [5.74, 6) is 0.875. The van der Waals surface area contributed by atoms with E-state index < -0.39 is 0 Å². The Hall–Kier alpha value is -2.92. The normalized spacial score (nSPS) is 11.0. The molecule has 3 heterocycles. The van der Waals surface area contributed by atoms with Crippen LogP contribution in [0.3, 0.4) is 0 Å². The Balaban J connectivity index is 1.81. The van der Waals surface area contributed by atoms with Crippen LogP contribution in [-0.2, 0) is 6.54 Å². The summed E-state index contributed by atoms with van der Waals surface area (Å²) in [5, 5.41) is 8.80. The van der Waals surface area contributed by atoms with Gasteiger partial charge in [-0.3, -0.25) is 4.98 Å². The van der Waals surface area contributed by atoms with Gasteiger partial charge in [0.15, 0.2) is 5.65 Å². The highest BCUT2D eigenvalue weighted by Crippen LogP contribution is 2.33. The molecule has 1 aromatic carbocycles. The van der Waals surface area contributed by atoms with E-state index in [2.05, 4.69) is 10.3 Å². The highest BCUT2D eigenvalue weighted by Gasteiger charge is 2.17. The largest absolute Gasteiger partial charge is 0.364 e. The lowest BCUT2D eigenvalue weighted by Crippen LogP contribution is -2.07. The fourth-order valence-electron chi connectivity index (χ4n) is 3.03. The fourth-order valence-corrected chi connectivity index (χ4v) is 3.26. The first kappa shape index (κ1) is 16.5. The quantitative estimate of drug-likeness (QED) is 0.572. The third-order valence-corrected chi connectivity index (χ3v) is 4.54. The van der Waals surface area contributed by atoms with Gasteiger partial charge in [0.2, 0.25) is 0 Å². The van der Waals surface area contributed by atoms with Crippen molar-refractivity contribution in [2.75, 3.05) is 5.32 Å². The minimum Gasteiger partial charge on any atom is -0.364 e. The molecule has 0 aliphatic heterocycles. The first-order chi connectivity index (χ1) is 12.6. The molecule has 0 bridgehead atoms. The summed E-state index contributed by atoms with van der Waals surface area (Å²) in [6.07, 6.45) is 1.79. The van der Waals surface area contributed by atoms with Crippen molar-refractivity contribution in [1.82, 2.24) is 19.6 Å². The lowest BCUT2D eigenvalue weighted by Gasteiger charge is -2.10. The van der Waals surface area contributed by atoms with Crippen molar-refractivity contribution >= 4 is 23.1 Å². The summed E-state index contributed by atoms with van der Waals surface area (Å²) in [7, 11) is 0. The van der Waals surface area contributed by atoms with Crippen LogP contribution < -0.4 is 5.32 Å². The zero-order valence-corrected chi connectivity index (χ0v) is 15.3. The number of anilines is 1. The summed E-state index contributed by atoms with van der Waals surface area (Å²) in [6, 6.07) is 15.6. The molecule has 5 nitrogen and oxygen atoms in total. The number of nitrogens with one attached hydrogen (secondary N) is 1. The number of fused-ring (bicyclic) bond motifs is 1. The van der Waals surface area contributed by atoms with E-state index in [9.17, 15) is 0 Å². The second-order valence-corrected chi connectivity index (χ2v) is 6.54. The average Bonchev–Trinajstić information content (AvgIpc) is 2.97. The molecule has 0 aliphatic carbocycles. The molecule has 0 amide bonds. The summed E-state index contributed by atoms with van der Waals surface area (Å²) < 4.78 is 1.84. The SMILES string of the molecule is Cc1cc(NCc2ccccn2)n2nc(C)c(-c3ccccc3Cl)c2n1. The molecule has 26 heavy (non-hydrogen) atoms. The van der Waals surface area contributed by atoms with Gasteiger partial charge in [0, 0.05) is 28.5 Å². The topological polar surface area (TPSA) is 55.1 Å². The Morgan fingerprint density at radius 1 is 1.08 bits per heavy atom. The van der Waals surface area contributed by atoms with E-state index in [0.29, 0.717) is 11.6 Å². The van der Waals surface area contributed by atoms with Crippen molar-refractivity contribution in [1.29, 1.82) is 0 Å². The third kappa shape index (κ3) is 3.02. The van der Waals surface area contributed by atoms with Gasteiger partial charge in [0.1, 0.15) is 5.82 Å². The molecular formula is C20H18ClN5. The fraction of sp³-hybridized carbons (Fsp3) is 0.150. The summed E-state index contributed by atoms with van der Waals surface area (Å²) in [6.45, 7) is 4.57. The smallest absolute Gasteiger partial charge is 0.165 e. The van der Waals surface area contributed by atoms with Gasteiger partial charge in [-0.25, -0.2) is 4.98 Å². The van der Waals surface area contributed by atoms with Gasteiger partial charge in [-0.15, -0.1) is 0 Å². The van der Waals surface area contributed by atoms with Gasteiger partial charge >= 0.3 is 0 Å². The molecule has 0 saturated heterocycles. The molecule has 0 saturated carbocycles. The molecular weight excluding hydrogens is 346 g/mol. The Labute approximate surface area is 156 Å². The lowest BCUT2D eigenvalue weighted by molar-refractivity contribution is 0.894. The van der Waals surface area contributed by atoms with Crippen LogP contribution in [0.15, 0.2) is 54.7 Å². The maximum atomic E-state index is 6.42. The van der Waals surface area contributed by atoms with E-state index in [1.54, 1.807) is 6.20 Å². The predicted molar refractivity (Wildman–Crippen MR) is 104 cm³/mol. The van der Waals surface area contributed by atoms with Crippen molar-refractivity contribution in [3.8, 4) is 11.1 Å². The van der Waals surface area contributed by atoms with Crippen molar-refractivity contribution in [2.24, 2.45) is 0 Å². The molecule has 4 rings (SSSR count). The molecule has 6 heteroatoms. The molecule has 0 atom stereocenters. The first-order valence-corrected chi connectivity index (χ1v) is 8.77. The number of aryl methyl sites for hydroxylation is 2. The number of hydrogen-bond acceptors (Lipinski definition) is 4. The number of rotatable bonds is 4. The Kier molecular flexibility index (Phi) is 4.31. The van der Waals surface area contributed by atoms with Crippen LogP contribution in [0.1, 0.15) is 17.1 Å². The molecule has 0 radical (unpaired) electrons. The lowest BCUT2D eigenvalue weighted by atomic mass is 10.1. The zero-order valence-electron chi connectivity index (χ0n) is 14.6. The molecule has 0 aliphatic rings. The second kappa shape index (κ2) is 6.77. The van der Waals surface area contributed by atoms with Crippen LogP contribution in [0.25, 0.3) is 16.8 Å². The van der Waals surface area contributed by atoms with Crippen LogP contribution in [0.4, 0.5) is 5.82 Å². The van der Waals surface area contributed by atoms with Crippen LogP contribution in [-0.4, -0.2) is 19.6 Å². The third-order valence-electron chi connectivity index (χ3n) is 4.21. The average molecular weight is 364 g/mol. The maximum Gasteiger partial charge on any atom is 0.165 e. The van der Waals surface area contributed by atoms with Crippen LogP contribution >= 0.6 is 11.6 Å². The molecule has 4 aromatic rings. The monoisotopic (exact) mass is 363 g/mol. The highest BCUT2D eigenvalue weighted by molar-refractivity contribution is 6.33. The number of pyridine rings is 1. The molecule has 1 N–H and O–H groups in total. The van der Waals surface area contributed by atoms with Gasteiger partial charge in [0.05, 0.1) is 23.5 Å². The van der Waals surface area contributed by atoms with Crippen LogP contribution in [0.5, 0.6) is 0 Å². The highest BCUT2D eigenvalue weighted by atomic mass is 35.5. The van der Waals surface area contributed by atoms with Crippen molar-refractivity contribution in [3.05, 3.63) is 76.8 Å². The van der Waals surface area contributed by atoms with Gasteiger partial charge in [-0.1, -0.05) is 35.9 Å². The molecule has 0 fully saturated rings. The summed E-state index contributed by atoms with van der Waals surface area (Å²) in [5.41, 5.74) is 5.45. The minimum absolute atomic E-state index is 0.611. The van der Waals surface area contributed by atoms with Gasteiger partial charge in [0.25, 0.3) is 0 Å². The van der Waals surface area contributed by atoms with Crippen molar-refractivity contribution in [3.63, 3.8) is 0 Å². The van der Waals surface area contributed by atoms with E-state index in [-0.39, 0.29) is 0 Å². The predicted octanol–water partition coefficient (Wildman–Crippen LogP) is 4.67. The Morgan fingerprint density at radius 2 is 1.88 bits per heavy atom. The molecule has 3 aromatic heterocycles. The summed E-state index contributed by atoms with van der Waals surface area (Å²) >= 11 is 6.42. The number of halogens is 1. The van der Waals surface area contributed by atoms with Crippen LogP contribution in [0, 0.1) is 13.8 Å². The summed E-state index contributed by atoms with van der Waals surface area (Å²) in [4.78, 5) is 9.07. The number of aromatic nitrogens is 4. The van der Waals surface area contributed by atoms with Gasteiger partial charge in [-0.2, -0.15) is 9.61 Å². The standard InChI is InChI=1S/C20H18ClN5/c1-13-11-18(23-12-15-7-5-6-10-22-15)26-20(24-13)19(14(2)25-26)16-8-3-4-9-17(16)21/h3-11,23H,12H2,1-2H3. The van der Waals surface area contributed by atoms with E-state index >= 15 is 0 Å².